The molecule has 2 heterocycles. The summed E-state index contributed by atoms with van der Waals surface area (Å²) in [7, 11) is 0. The van der Waals surface area contributed by atoms with Gasteiger partial charge in [-0.15, -0.1) is 5.10 Å². The molecule has 100 valence electrons. The Balaban J connectivity index is 1.64. The molecule has 19 heavy (non-hydrogen) atoms. The number of piperidine rings is 1. The topological polar surface area (TPSA) is 52.8 Å². The van der Waals surface area contributed by atoms with Gasteiger partial charge in [0.25, 0.3) is 0 Å². The Kier molecular flexibility index (Phi) is 3.63. The summed E-state index contributed by atoms with van der Waals surface area (Å²) in [4.78, 5) is 2.25. The molecule has 1 aromatic rings. The maximum atomic E-state index is 8.91. The van der Waals surface area contributed by atoms with Crippen molar-refractivity contribution in [3.05, 3.63) is 17.8 Å². The lowest BCUT2D eigenvalue weighted by molar-refractivity contribution is 0.483. The zero-order chi connectivity index (χ0) is 13.1. The maximum Gasteiger partial charge on any atom is 0.151 e. The largest absolute Gasteiger partial charge is 0.355 e. The zero-order valence-electron chi connectivity index (χ0n) is 11.3. The summed E-state index contributed by atoms with van der Waals surface area (Å²) in [5.41, 5.74) is 1.16. The number of hydrogen-bond acceptors (Lipinski definition) is 4. The molecule has 0 radical (unpaired) electrons. The Morgan fingerprint density at radius 2 is 1.79 bits per heavy atom. The van der Waals surface area contributed by atoms with Crippen LogP contribution in [0.4, 0.5) is 5.82 Å². The third kappa shape index (κ3) is 2.70. The van der Waals surface area contributed by atoms with Crippen molar-refractivity contribution in [2.24, 2.45) is 5.92 Å². The number of rotatable bonds is 2. The van der Waals surface area contributed by atoms with Crippen LogP contribution in [0.15, 0.2) is 12.1 Å². The number of nitrogens with zero attached hydrogens (tertiary/aromatic N) is 4. The first-order chi connectivity index (χ1) is 9.36. The van der Waals surface area contributed by atoms with Crippen LogP contribution in [0, 0.1) is 17.2 Å². The predicted molar refractivity (Wildman–Crippen MR) is 73.8 cm³/mol. The summed E-state index contributed by atoms with van der Waals surface area (Å²) in [5.74, 6) is 1.82. The maximum absolute atomic E-state index is 8.91. The van der Waals surface area contributed by atoms with Gasteiger partial charge in [0.15, 0.2) is 5.82 Å². The van der Waals surface area contributed by atoms with E-state index < -0.39 is 0 Å². The van der Waals surface area contributed by atoms with Crippen LogP contribution >= 0.6 is 0 Å². The van der Waals surface area contributed by atoms with Gasteiger partial charge in [0.05, 0.1) is 11.8 Å². The lowest BCUT2D eigenvalue weighted by atomic mass is 9.98. The highest BCUT2D eigenvalue weighted by Gasteiger charge is 2.21. The molecular weight excluding hydrogens is 236 g/mol. The minimum Gasteiger partial charge on any atom is -0.355 e. The molecule has 1 aliphatic heterocycles. The standard InChI is InChI=1S/C15H20N4/c16-11-12-7-9-19(10-8-12)15-6-5-14(17-18-15)13-3-1-2-4-13/h5-6,12-13H,1-4,7-10H2. The Morgan fingerprint density at radius 3 is 2.37 bits per heavy atom. The van der Waals surface area contributed by atoms with Crippen molar-refractivity contribution in [3.8, 4) is 6.07 Å². The second-order valence-corrected chi connectivity index (χ2v) is 5.69. The van der Waals surface area contributed by atoms with Gasteiger partial charge in [0.2, 0.25) is 0 Å². The van der Waals surface area contributed by atoms with E-state index in [2.05, 4.69) is 33.3 Å². The monoisotopic (exact) mass is 256 g/mol. The molecule has 2 fully saturated rings. The van der Waals surface area contributed by atoms with Crippen LogP contribution in [0.1, 0.15) is 50.1 Å². The number of nitriles is 1. The summed E-state index contributed by atoms with van der Waals surface area (Å²) >= 11 is 0. The van der Waals surface area contributed by atoms with Gasteiger partial charge in [-0.2, -0.15) is 10.4 Å². The lowest BCUT2D eigenvalue weighted by Gasteiger charge is -2.29. The fraction of sp³-hybridized carbons (Fsp3) is 0.667. The van der Waals surface area contributed by atoms with Crippen molar-refractivity contribution in [3.63, 3.8) is 0 Å². The van der Waals surface area contributed by atoms with Crippen LogP contribution in [-0.2, 0) is 0 Å². The fourth-order valence-corrected chi connectivity index (χ4v) is 3.18. The molecule has 4 heteroatoms. The predicted octanol–water partition coefficient (Wildman–Crippen LogP) is 2.87. The summed E-state index contributed by atoms with van der Waals surface area (Å²) < 4.78 is 0. The van der Waals surface area contributed by atoms with Gasteiger partial charge in [-0.1, -0.05) is 12.8 Å². The minimum absolute atomic E-state index is 0.224. The van der Waals surface area contributed by atoms with E-state index in [1.165, 1.54) is 25.7 Å². The van der Waals surface area contributed by atoms with E-state index in [-0.39, 0.29) is 5.92 Å². The van der Waals surface area contributed by atoms with E-state index >= 15 is 0 Å². The van der Waals surface area contributed by atoms with Crippen LogP contribution in [0.2, 0.25) is 0 Å². The van der Waals surface area contributed by atoms with Crippen molar-refractivity contribution in [2.45, 2.75) is 44.4 Å². The number of aromatic nitrogens is 2. The zero-order valence-corrected chi connectivity index (χ0v) is 11.3. The first-order valence-electron chi connectivity index (χ1n) is 7.35. The SMILES string of the molecule is N#CC1CCN(c2ccc(C3CCCC3)nn2)CC1. The fourth-order valence-electron chi connectivity index (χ4n) is 3.18. The first-order valence-corrected chi connectivity index (χ1v) is 7.35. The molecule has 1 saturated heterocycles. The summed E-state index contributed by atoms with van der Waals surface area (Å²) in [5, 5.41) is 17.7. The number of hydrogen-bond donors (Lipinski definition) is 0. The molecule has 0 N–H and O–H groups in total. The molecule has 0 amide bonds. The van der Waals surface area contributed by atoms with E-state index in [1.54, 1.807) is 0 Å². The summed E-state index contributed by atoms with van der Waals surface area (Å²) in [6.45, 7) is 1.85. The molecule has 2 aliphatic rings. The number of anilines is 1. The van der Waals surface area contributed by atoms with E-state index in [4.69, 9.17) is 5.26 Å². The molecule has 0 aromatic carbocycles. The highest BCUT2D eigenvalue weighted by atomic mass is 15.3. The first kappa shape index (κ1) is 12.4. The Morgan fingerprint density at radius 1 is 1.05 bits per heavy atom. The van der Waals surface area contributed by atoms with E-state index in [0.29, 0.717) is 5.92 Å². The van der Waals surface area contributed by atoms with Gasteiger partial charge in [-0.3, -0.25) is 0 Å². The van der Waals surface area contributed by atoms with E-state index in [0.717, 1.165) is 37.4 Å². The van der Waals surface area contributed by atoms with Crippen LogP contribution in [0.5, 0.6) is 0 Å². The molecule has 1 aromatic heterocycles. The molecule has 0 bridgehead atoms. The van der Waals surface area contributed by atoms with Gasteiger partial charge in [0, 0.05) is 24.9 Å². The molecule has 3 rings (SSSR count). The van der Waals surface area contributed by atoms with Gasteiger partial charge in [-0.05, 0) is 37.8 Å². The van der Waals surface area contributed by atoms with Crippen molar-refractivity contribution in [2.75, 3.05) is 18.0 Å². The van der Waals surface area contributed by atoms with E-state index in [1.807, 2.05) is 0 Å². The molecule has 4 nitrogen and oxygen atoms in total. The van der Waals surface area contributed by atoms with Crippen molar-refractivity contribution in [1.29, 1.82) is 5.26 Å². The summed E-state index contributed by atoms with van der Waals surface area (Å²) in [6.07, 6.45) is 7.08. The summed E-state index contributed by atoms with van der Waals surface area (Å²) in [6, 6.07) is 6.61. The lowest BCUT2D eigenvalue weighted by Crippen LogP contribution is -2.34. The van der Waals surface area contributed by atoms with Crippen LogP contribution in [0.25, 0.3) is 0 Å². The Labute approximate surface area is 114 Å². The van der Waals surface area contributed by atoms with Gasteiger partial charge in [0.1, 0.15) is 0 Å². The molecule has 1 saturated carbocycles. The van der Waals surface area contributed by atoms with Gasteiger partial charge < -0.3 is 4.90 Å². The highest BCUT2D eigenvalue weighted by Crippen LogP contribution is 2.33. The van der Waals surface area contributed by atoms with Gasteiger partial charge in [-0.25, -0.2) is 0 Å². The smallest absolute Gasteiger partial charge is 0.151 e. The average molecular weight is 256 g/mol. The Bertz CT molecular complexity index is 448. The third-order valence-electron chi connectivity index (χ3n) is 4.45. The molecule has 1 aliphatic carbocycles. The molecular formula is C15H20N4. The average Bonchev–Trinajstić information content (AvgIpc) is 3.02. The van der Waals surface area contributed by atoms with Crippen molar-refractivity contribution >= 4 is 5.82 Å². The van der Waals surface area contributed by atoms with Crippen molar-refractivity contribution < 1.29 is 0 Å². The van der Waals surface area contributed by atoms with Crippen LogP contribution < -0.4 is 4.90 Å². The second kappa shape index (κ2) is 5.56. The molecule has 0 unspecified atom stereocenters. The van der Waals surface area contributed by atoms with Crippen LogP contribution in [-0.4, -0.2) is 23.3 Å². The van der Waals surface area contributed by atoms with Crippen LogP contribution in [0.3, 0.4) is 0 Å². The Hall–Kier alpha value is -1.63. The third-order valence-corrected chi connectivity index (χ3v) is 4.45. The minimum atomic E-state index is 0.224. The highest BCUT2D eigenvalue weighted by molar-refractivity contribution is 5.38. The van der Waals surface area contributed by atoms with E-state index in [9.17, 15) is 0 Å². The quantitative estimate of drug-likeness (QED) is 0.816. The second-order valence-electron chi connectivity index (χ2n) is 5.69. The molecule has 0 spiro atoms. The normalized spacial score (nSPS) is 21.5. The van der Waals surface area contributed by atoms with Gasteiger partial charge >= 0.3 is 0 Å². The molecule has 0 atom stereocenters. The van der Waals surface area contributed by atoms with Crippen molar-refractivity contribution in [1.82, 2.24) is 10.2 Å².